The standard InChI is InChI=1S/C66H76Cl2N10O23/c1-23(2)13-34(71-5)58(89)76-47-50(83)26-8-11-37(32(67)15-26)97-39-17-28-18-40(54(39)101-65-55(53(86)52(85)41(22-79)99-65)100-42-21-66(4,70)56(87)24(3)96-42)98-38-12-9-27(16-33(38)68)51(84)48-62(93)75-46(59(90)72-6)31-19-29(80)20-36(82)43(31)30-14-25(7-10-35(30)81)44(60(91)77-48)73-61(92)45(28)74-64(95)49(57(69)88)78-63(47)94/h7-12,14-20,23-24,34,41-42,44-53,55-56,65,71,79-87H,13,21-22,70H2,1-6H3,(H2,69,88)(H,72,90)(H,73,92)(H,74,95)(H,75,93)(H,76,89)(H,77,91)(H,78,94)/t24-,34+,41+,42-,44+,45+,46-,47?,48-,49?,50+,51+,52+,53-,55+,56+,65-,66-/m0/s1. The van der Waals surface area contributed by atoms with E-state index in [-0.39, 0.29) is 63.1 Å². The van der Waals surface area contributed by atoms with Crippen molar-refractivity contribution in [3.8, 4) is 57.1 Å². The highest BCUT2D eigenvalue weighted by Crippen LogP contribution is 2.50. The summed E-state index contributed by atoms with van der Waals surface area (Å²) in [6.45, 7) is 5.66. The zero-order valence-corrected chi connectivity index (χ0v) is 56.2. The SMILES string of the molecule is CNC(=O)[C@H]1NC(=O)[C@H]2NC(=O)[C@H](NC(=O)[C@@H]3NC(=O)C(C(N)=O)NC(=O)C(NC(=O)[C@@H](CC(C)C)NC)[C@H](O)c4ccc(c(Cl)c4)Oc4cc3cc(c4O[C@@H]3O[C@H](CO)[C@@H](O)[C@H](O)[C@H]3O[C@H]3C[C@](C)(N)[C@H](O)[C@H](C)O3)Oc3ccc(cc3Cl)[C@H]2O)c2ccc(O)c(c2)-c2c(O)cc(O)cc21. The lowest BCUT2D eigenvalue weighted by atomic mass is 9.86. The van der Waals surface area contributed by atoms with E-state index in [4.69, 9.17) is 63.1 Å². The van der Waals surface area contributed by atoms with Gasteiger partial charge in [0, 0.05) is 36.2 Å². The van der Waals surface area contributed by atoms with Crippen molar-refractivity contribution >= 4 is 70.5 Å². The summed E-state index contributed by atoms with van der Waals surface area (Å²) >= 11 is 14.1. The van der Waals surface area contributed by atoms with E-state index in [0.717, 1.165) is 60.7 Å². The van der Waals surface area contributed by atoms with Gasteiger partial charge < -0.3 is 128 Å². The van der Waals surface area contributed by atoms with Gasteiger partial charge in [-0.05, 0) is 116 Å². The number of nitrogens with two attached hydrogens (primary N) is 2. The minimum absolute atomic E-state index is 0.102. The predicted octanol–water partition coefficient (Wildman–Crippen LogP) is -0.623. The van der Waals surface area contributed by atoms with Crippen LogP contribution < -0.4 is 68.2 Å². The minimum atomic E-state index is -2.54. The molecule has 101 heavy (non-hydrogen) atoms. The summed E-state index contributed by atoms with van der Waals surface area (Å²) in [4.78, 5) is 118. The second-order valence-corrected chi connectivity index (χ2v) is 26.4. The van der Waals surface area contributed by atoms with Crippen LogP contribution in [0.15, 0.2) is 78.9 Å². The molecule has 21 N–H and O–H groups in total. The Morgan fingerprint density at radius 1 is 0.693 bits per heavy atom. The Kier molecular flexibility index (Phi) is 22.2. The first-order valence-corrected chi connectivity index (χ1v) is 32.4. The average molecular weight is 1450 g/mol. The molecule has 2 unspecified atom stereocenters. The van der Waals surface area contributed by atoms with Gasteiger partial charge in [0.2, 0.25) is 53.4 Å². The van der Waals surface area contributed by atoms with Crippen molar-refractivity contribution in [1.82, 2.24) is 42.5 Å². The number of likely N-dealkylation sites (N-methyl/N-ethyl adjacent to an activating group) is 2. The molecule has 2 fully saturated rings. The number of phenols is 3. The number of aromatic hydroxyl groups is 3. The number of aliphatic hydroxyl groups is 6. The van der Waals surface area contributed by atoms with Crippen molar-refractivity contribution in [2.24, 2.45) is 17.4 Å². The van der Waals surface area contributed by atoms with E-state index in [1.165, 1.54) is 46.1 Å². The Morgan fingerprint density at radius 3 is 1.87 bits per heavy atom. The topological polar surface area (TPSA) is 522 Å². The summed E-state index contributed by atoms with van der Waals surface area (Å²) in [6.07, 6.45) is -17.4. The van der Waals surface area contributed by atoms with E-state index in [1.54, 1.807) is 0 Å². The lowest BCUT2D eigenvalue weighted by Crippen LogP contribution is -2.64. The number of carbonyl (C=O) groups excluding carboxylic acids is 8. The van der Waals surface area contributed by atoms with Crippen LogP contribution in [0.5, 0.6) is 46.0 Å². The third-order valence-electron chi connectivity index (χ3n) is 17.8. The van der Waals surface area contributed by atoms with Crippen LogP contribution in [0, 0.1) is 5.92 Å². The van der Waals surface area contributed by atoms with Crippen molar-refractivity contribution < 1.29 is 113 Å². The van der Waals surface area contributed by atoms with Crippen LogP contribution in [-0.4, -0.2) is 193 Å². The van der Waals surface area contributed by atoms with Gasteiger partial charge in [-0.2, -0.15) is 0 Å². The number of carbonyl (C=O) groups is 8. The molecule has 8 amide bonds. The summed E-state index contributed by atoms with van der Waals surface area (Å²) in [6, 6.07) is -0.375. The maximum atomic E-state index is 16.0. The molecule has 0 aromatic heterocycles. The third-order valence-corrected chi connectivity index (χ3v) is 18.4. The highest BCUT2D eigenvalue weighted by molar-refractivity contribution is 6.32. The summed E-state index contributed by atoms with van der Waals surface area (Å²) in [5.41, 5.74) is 8.61. The molecule has 0 spiro atoms. The maximum Gasteiger partial charge on any atom is 0.253 e. The molecule has 0 aliphatic carbocycles. The molecule has 0 saturated carbocycles. The predicted molar refractivity (Wildman–Crippen MR) is 351 cm³/mol. The van der Waals surface area contributed by atoms with Gasteiger partial charge in [-0.3, -0.25) is 38.4 Å². The van der Waals surface area contributed by atoms with Crippen LogP contribution in [0.25, 0.3) is 11.1 Å². The van der Waals surface area contributed by atoms with Crippen LogP contribution in [0.1, 0.15) is 98.7 Å². The lowest BCUT2D eigenvalue weighted by Gasteiger charge is -2.47. The number of benzene rings is 5. The highest BCUT2D eigenvalue weighted by atomic mass is 35.5. The average Bonchev–Trinajstić information content (AvgIpc) is 0.769. The number of phenolic OH excluding ortho intramolecular Hbond substituents is 3. The van der Waals surface area contributed by atoms with Crippen molar-refractivity contribution in [3.05, 3.63) is 117 Å². The Labute approximate surface area is 585 Å². The second kappa shape index (κ2) is 30.2. The Morgan fingerprint density at radius 2 is 1.29 bits per heavy atom. The number of hydrogen-bond donors (Lipinski definition) is 19. The number of nitrogens with one attached hydrogen (secondary N) is 8. The van der Waals surface area contributed by atoms with Gasteiger partial charge in [0.05, 0.1) is 34.9 Å². The van der Waals surface area contributed by atoms with Crippen molar-refractivity contribution in [2.45, 2.75) is 150 Å². The van der Waals surface area contributed by atoms with Crippen molar-refractivity contribution in [2.75, 3.05) is 20.7 Å². The first-order valence-electron chi connectivity index (χ1n) is 31.7. The molecule has 0 radical (unpaired) electrons. The van der Waals surface area contributed by atoms with Crippen LogP contribution in [-0.2, 0) is 52.6 Å². The number of fused-ring (bicyclic) bond motifs is 15. The zero-order chi connectivity index (χ0) is 73.5. The number of aliphatic hydroxyl groups excluding tert-OH is 6. The van der Waals surface area contributed by atoms with Gasteiger partial charge in [-0.25, -0.2) is 0 Å². The van der Waals surface area contributed by atoms with E-state index >= 15 is 14.4 Å². The molecule has 33 nitrogen and oxygen atoms in total. The van der Waals surface area contributed by atoms with Crippen LogP contribution in [0.3, 0.4) is 0 Å². The smallest absolute Gasteiger partial charge is 0.253 e. The molecule has 11 bridgehead atoms. The van der Waals surface area contributed by atoms with Crippen molar-refractivity contribution in [1.29, 1.82) is 0 Å². The summed E-state index contributed by atoms with van der Waals surface area (Å²) in [7, 11) is 2.65. The zero-order valence-electron chi connectivity index (χ0n) is 54.7. The molecule has 542 valence electrons. The summed E-state index contributed by atoms with van der Waals surface area (Å²) in [5, 5.41) is 122. The molecule has 35 heteroatoms. The number of rotatable bonds is 12. The minimum Gasteiger partial charge on any atom is -0.508 e. The monoisotopic (exact) mass is 1450 g/mol. The van der Waals surface area contributed by atoms with Gasteiger partial charge >= 0.3 is 0 Å². The fourth-order valence-electron chi connectivity index (χ4n) is 12.5. The molecule has 5 aromatic rings. The normalized spacial score (nSPS) is 29.4. The molecule has 7 aliphatic heterocycles. The van der Waals surface area contributed by atoms with E-state index < -0.39 is 214 Å². The number of hydrogen-bond acceptors (Lipinski definition) is 25. The van der Waals surface area contributed by atoms with E-state index in [2.05, 4.69) is 42.5 Å². The maximum absolute atomic E-state index is 16.0. The van der Waals surface area contributed by atoms with Gasteiger partial charge in [0.1, 0.15) is 89.5 Å². The summed E-state index contributed by atoms with van der Waals surface area (Å²) in [5.74, 6) is -15.4. The van der Waals surface area contributed by atoms with E-state index in [0.29, 0.717) is 0 Å². The molecule has 12 rings (SSSR count). The van der Waals surface area contributed by atoms with Crippen LogP contribution in [0.4, 0.5) is 0 Å². The molecule has 7 aliphatic rings. The van der Waals surface area contributed by atoms with Gasteiger partial charge in [0.25, 0.3) is 5.91 Å². The van der Waals surface area contributed by atoms with E-state index in [1.807, 2.05) is 13.8 Å². The molecular weight excluding hydrogens is 1370 g/mol. The van der Waals surface area contributed by atoms with Crippen LogP contribution in [0.2, 0.25) is 10.0 Å². The number of primary amides is 1. The quantitative estimate of drug-likeness (QED) is 0.0692. The fourth-order valence-corrected chi connectivity index (χ4v) is 12.9. The largest absolute Gasteiger partial charge is 0.508 e. The number of amides is 8. The lowest BCUT2D eigenvalue weighted by molar-refractivity contribution is -0.333. The first kappa shape index (κ1) is 74.5. The van der Waals surface area contributed by atoms with Gasteiger partial charge in [0.15, 0.2) is 29.9 Å². The Bertz CT molecular complexity index is 4080. The molecular formula is C66H76Cl2N10O23. The molecule has 7 heterocycles. The summed E-state index contributed by atoms with van der Waals surface area (Å²) < 4.78 is 38.3. The molecule has 2 saturated heterocycles. The number of ether oxygens (including phenoxy) is 6. The second-order valence-electron chi connectivity index (χ2n) is 25.6. The van der Waals surface area contributed by atoms with Gasteiger partial charge in [-0.1, -0.05) is 55.2 Å². The number of halogens is 2. The van der Waals surface area contributed by atoms with Crippen LogP contribution >= 0.6 is 23.2 Å². The van der Waals surface area contributed by atoms with E-state index in [9.17, 15) is 69.9 Å². The Hall–Kier alpha value is -9.20. The fraction of sp³-hybridized carbons (Fsp3) is 0.424. The first-order chi connectivity index (χ1) is 47.7. The van der Waals surface area contributed by atoms with Gasteiger partial charge in [-0.15, -0.1) is 0 Å². The van der Waals surface area contributed by atoms with Crippen molar-refractivity contribution in [3.63, 3.8) is 0 Å². The highest BCUT2D eigenvalue weighted by Gasteiger charge is 2.52. The third kappa shape index (κ3) is 15.5. The molecule has 18 atom stereocenters. The molecule has 5 aromatic carbocycles. The Balaban J connectivity index is 1.24.